The number of aromatic nitrogens is 1. The van der Waals surface area contributed by atoms with E-state index in [0.29, 0.717) is 17.2 Å². The Morgan fingerprint density at radius 1 is 0.290 bits per heavy atom. The molecule has 4 aromatic rings. The van der Waals surface area contributed by atoms with Gasteiger partial charge in [0.05, 0.1) is 21.3 Å². The van der Waals surface area contributed by atoms with Gasteiger partial charge in [-0.05, 0) is 155 Å². The van der Waals surface area contributed by atoms with Crippen molar-refractivity contribution < 1.29 is 26.8 Å². The summed E-state index contributed by atoms with van der Waals surface area (Å²) in [5.41, 5.74) is 5.69. The Hall–Kier alpha value is -24.4. The van der Waals surface area contributed by atoms with E-state index in [1.54, 1.807) is 32.4 Å². The number of methoxy groups -OCH3 is 3. The van der Waals surface area contributed by atoms with Crippen LogP contribution in [0.4, 0.5) is 0 Å². The smallest absolute Gasteiger partial charge is 0.339 e. The molecule has 0 fully saturated rings. The first-order valence-electron chi connectivity index (χ1n) is 35.4. The lowest BCUT2D eigenvalue weighted by molar-refractivity contribution is 0.159. The van der Waals surface area contributed by atoms with Gasteiger partial charge in [0.1, 0.15) is 4.90 Å². The third-order valence-electron chi connectivity index (χ3n) is 13.1. The van der Waals surface area contributed by atoms with Crippen molar-refractivity contribution in [1.82, 2.24) is 9.88 Å². The molecule has 0 radical (unpaired) electrons. The van der Waals surface area contributed by atoms with Crippen molar-refractivity contribution in [3.8, 4) is 581 Å². The molecule has 6 rings (SSSR count). The molecule has 2 aliphatic heterocycles. The average molecular weight is 1650 g/mol. The van der Waals surface area contributed by atoms with Crippen LogP contribution in [-0.4, -0.2) is 46.2 Å². The van der Waals surface area contributed by atoms with Gasteiger partial charge in [-0.2, -0.15) is 8.42 Å². The number of terminal acetylenes is 2. The van der Waals surface area contributed by atoms with Crippen molar-refractivity contribution in [2.45, 2.75) is 30.3 Å². The lowest BCUT2D eigenvalue weighted by Crippen LogP contribution is -2.39. The van der Waals surface area contributed by atoms with Crippen molar-refractivity contribution in [2.75, 3.05) is 27.9 Å². The van der Waals surface area contributed by atoms with Crippen molar-refractivity contribution in [1.29, 1.82) is 0 Å². The van der Waals surface area contributed by atoms with Crippen LogP contribution < -0.4 is 18.4 Å². The number of nitrogens with one attached hydrogen (secondary N) is 1. The molecule has 8 nitrogen and oxygen atoms in total. The van der Waals surface area contributed by atoms with E-state index in [9.17, 15) is 8.42 Å². The number of fused-ring (bicyclic) bond motifs is 6. The Bertz CT molecular complexity index is 8620. The molecule has 1 N–H and O–H groups in total. The van der Waals surface area contributed by atoms with E-state index in [1.165, 1.54) is 30.5 Å². The Morgan fingerprint density at radius 2 is 0.511 bits per heavy atom. The van der Waals surface area contributed by atoms with Crippen LogP contribution in [0.3, 0.4) is 0 Å². The van der Waals surface area contributed by atoms with Crippen LogP contribution in [0.1, 0.15) is 28.4 Å². The highest BCUT2D eigenvalue weighted by molar-refractivity contribution is 7.87. The lowest BCUT2D eigenvalue weighted by atomic mass is 9.85. The Kier molecular flexibility index (Phi) is 50.3. The van der Waals surface area contributed by atoms with Crippen LogP contribution in [0.2, 0.25) is 0 Å². The first-order chi connectivity index (χ1) is 64.8. The number of H-pyrrole nitrogens is 1. The number of nitrogens with zero attached hydrogens (tertiary/aromatic N) is 1. The topological polar surface area (TPSA) is 90.1 Å². The maximum atomic E-state index is 12.9. The fourth-order valence-corrected chi connectivity index (χ4v) is 9.34. The van der Waals surface area contributed by atoms with Crippen molar-refractivity contribution in [3.63, 3.8) is 0 Å². The van der Waals surface area contributed by atoms with E-state index < -0.39 is 10.1 Å². The van der Waals surface area contributed by atoms with E-state index in [1.807, 2.05) is 24.3 Å². The van der Waals surface area contributed by atoms with Crippen molar-refractivity contribution in [2.24, 2.45) is 0 Å². The quantitative estimate of drug-likeness (QED) is 0.215. The highest BCUT2D eigenvalue weighted by Gasteiger charge is 2.36. The molecule has 9 heteroatoms. The summed E-state index contributed by atoms with van der Waals surface area (Å²) in [5.74, 6) is 230. The molecule has 1 unspecified atom stereocenters. The van der Waals surface area contributed by atoms with E-state index >= 15 is 0 Å². The first kappa shape index (κ1) is 97.2. The second-order valence-corrected chi connectivity index (χ2v) is 22.4. The van der Waals surface area contributed by atoms with Gasteiger partial charge in [-0.1, -0.05) is 18.2 Å². The molecule has 131 heavy (non-hydrogen) atoms. The summed E-state index contributed by atoms with van der Waals surface area (Å²) in [4.78, 5) is 6.14. The minimum atomic E-state index is -3.98. The monoisotopic (exact) mass is 1650 g/mol. The second kappa shape index (κ2) is 67.8. The van der Waals surface area contributed by atoms with E-state index in [0.717, 1.165) is 48.0 Å². The summed E-state index contributed by atoms with van der Waals surface area (Å²) in [5, 5.41) is 1.13. The van der Waals surface area contributed by atoms with Gasteiger partial charge >= 0.3 is 10.1 Å². The number of rotatable bonds is 6. The normalized spacial score (nSPS) is 7.63. The van der Waals surface area contributed by atoms with Crippen molar-refractivity contribution in [3.05, 3.63) is 77.0 Å². The summed E-state index contributed by atoms with van der Waals surface area (Å²) in [6.07, 6.45) is 11.5. The van der Waals surface area contributed by atoms with Crippen LogP contribution >= 0.6 is 0 Å². The zero-order valence-electron chi connectivity index (χ0n) is 68.1. The molecule has 0 amide bonds. The molecule has 1 atom stereocenters. The first-order valence-corrected chi connectivity index (χ1v) is 36.8. The SMILES string of the molecule is C#CC#CC#CC#CC#CC#CC#CC#CC#CC#CC#CC#CC#CC#CC#CC#CC#CC#CC#CC#CC#CC#CC#CC#CC#CC#CC#CC#CC#CC#CC#CC#CC#CC#CC#CC#CC#CC#CC#CC#CC#CC#CC#CC#CC#CC#CC#C.COc1cc2[nH]c3c(c2cc1OC)CC1c2cc(OC)c(OS(=O)(=O)c4ccccc4)cc2CCN1C3. The number of ether oxygens (including phenoxy) is 3. The molecule has 0 saturated heterocycles. The van der Waals surface area contributed by atoms with Gasteiger partial charge in [0, 0.05) is 492 Å². The number of aromatic amines is 1. The standard InChI is InChI=1S/C94H2.C28H28N2O6S/c1-3-5-7-9-11-13-15-17-19-21-23-25-27-29-31-33-35-37-39-41-43-45-47-49-51-53-55-57-59-61-63-65-67-69-71-73-75-77-79-81-83-85-87-89-91-93-94-92-90-88-86-84-82-80-78-76-74-72-70-68-66-64-62-60-58-56-54-52-50-48-46-44-42-40-38-36-34-32-30-28-26-24-22-20-18-16-14-12-10-8-6-4-2;1-33-25-14-21-20-12-24-19-13-26(34-2)28(36-37(31,32)18-7-5-4-6-8-18)11-17(19)9-10-30(24)16-23(20)29-22(21)15-27(25)35-3/h1-2H;4-8,11,13-15,24,29H,9-10,12,16H2,1-3H3. The van der Waals surface area contributed by atoms with Gasteiger partial charge in [0.25, 0.3) is 0 Å². The van der Waals surface area contributed by atoms with Crippen LogP contribution in [-0.2, 0) is 29.5 Å². The van der Waals surface area contributed by atoms with E-state index in [-0.39, 0.29) is 16.7 Å². The highest BCUT2D eigenvalue weighted by atomic mass is 32.2. The van der Waals surface area contributed by atoms with Gasteiger partial charge in [0.15, 0.2) is 23.0 Å². The molecular weight excluding hydrogens is 1620 g/mol. The predicted octanol–water partition coefficient (Wildman–Crippen LogP) is 5.02. The Morgan fingerprint density at radius 3 is 0.740 bits per heavy atom. The summed E-state index contributed by atoms with van der Waals surface area (Å²) >= 11 is 0. The molecule has 0 bridgehead atoms. The molecule has 2 aliphatic rings. The second-order valence-electron chi connectivity index (χ2n) is 20.9. The van der Waals surface area contributed by atoms with Gasteiger partial charge < -0.3 is 23.4 Å². The van der Waals surface area contributed by atoms with Gasteiger partial charge in [-0.15, -0.1) is 12.8 Å². The molecule has 0 aliphatic carbocycles. The number of hydrogen-bond donors (Lipinski definition) is 1. The molecule has 3 aromatic carbocycles. The third kappa shape index (κ3) is 46.2. The number of benzene rings is 3. The Labute approximate surface area is 768 Å². The number of hydrogen-bond acceptors (Lipinski definition) is 7. The molecular formula is C122H30N2O6S. The van der Waals surface area contributed by atoms with Crippen molar-refractivity contribution >= 4 is 21.0 Å². The Balaban J connectivity index is 0.000000666. The zero-order valence-corrected chi connectivity index (χ0v) is 68.9. The summed E-state index contributed by atoms with van der Waals surface area (Å²) in [7, 11) is 0.832. The van der Waals surface area contributed by atoms with Crippen LogP contribution in [0.5, 0.6) is 23.0 Å². The van der Waals surface area contributed by atoms with Gasteiger partial charge in [0.2, 0.25) is 0 Å². The maximum Gasteiger partial charge on any atom is 0.339 e. The minimum absolute atomic E-state index is 0.104. The predicted molar refractivity (Wildman–Crippen MR) is 507 cm³/mol. The molecule has 0 spiro atoms. The highest BCUT2D eigenvalue weighted by Crippen LogP contribution is 2.45. The fourth-order valence-electron chi connectivity index (χ4n) is 8.39. The fraction of sp³-hybridized carbons (Fsp3) is 0.0656. The van der Waals surface area contributed by atoms with Gasteiger partial charge in [-0.3, -0.25) is 4.90 Å². The molecule has 570 valence electrons. The lowest BCUT2D eigenvalue weighted by Gasteiger charge is -2.40. The summed E-state index contributed by atoms with van der Waals surface area (Å²) < 4.78 is 48.0. The molecule has 0 saturated carbocycles. The summed E-state index contributed by atoms with van der Waals surface area (Å²) in [6, 6.07) is 16.1. The van der Waals surface area contributed by atoms with Crippen LogP contribution in [0.15, 0.2) is 59.5 Å². The summed E-state index contributed by atoms with van der Waals surface area (Å²) in [6.45, 7) is 1.65. The van der Waals surface area contributed by atoms with E-state index in [4.69, 9.17) is 31.2 Å². The average Bonchev–Trinajstić information content (AvgIpc) is 1.64. The molecule has 3 heterocycles. The third-order valence-corrected chi connectivity index (χ3v) is 14.3. The van der Waals surface area contributed by atoms with Crippen LogP contribution in [0.25, 0.3) is 10.9 Å². The maximum absolute atomic E-state index is 12.9. The van der Waals surface area contributed by atoms with Crippen LogP contribution in [0, 0.1) is 558 Å². The largest absolute Gasteiger partial charge is 0.493 e. The van der Waals surface area contributed by atoms with E-state index in [2.05, 4.69) is 555 Å². The van der Waals surface area contributed by atoms with Gasteiger partial charge in [-0.25, -0.2) is 0 Å². The minimum Gasteiger partial charge on any atom is -0.493 e. The zero-order chi connectivity index (χ0) is 92.8. The molecule has 1 aromatic heterocycles.